The molecule has 1 aliphatic rings. The molecule has 0 spiro atoms. The first-order valence-corrected chi connectivity index (χ1v) is 18.5. The van der Waals surface area contributed by atoms with Crippen molar-refractivity contribution in [2.45, 2.75) is 19.3 Å². The van der Waals surface area contributed by atoms with Crippen molar-refractivity contribution in [3.05, 3.63) is 187 Å². The number of thiophene rings is 1. The molecule has 2 heteroatoms. The van der Waals surface area contributed by atoms with E-state index >= 15 is 0 Å². The van der Waals surface area contributed by atoms with E-state index in [4.69, 9.17) is 0 Å². The van der Waals surface area contributed by atoms with E-state index in [9.17, 15) is 0 Å². The molecule has 51 heavy (non-hydrogen) atoms. The minimum absolute atomic E-state index is 0.0846. The van der Waals surface area contributed by atoms with E-state index in [1.165, 1.54) is 81.1 Å². The summed E-state index contributed by atoms with van der Waals surface area (Å²) in [5, 5.41) is 5.06. The molecule has 0 aliphatic heterocycles. The van der Waals surface area contributed by atoms with Crippen LogP contribution in [-0.2, 0) is 5.41 Å². The summed E-state index contributed by atoms with van der Waals surface area (Å²) in [4.78, 5) is 2.54. The molecular weight excluding hydrogens is 635 g/mol. The van der Waals surface area contributed by atoms with Gasteiger partial charge in [0.1, 0.15) is 0 Å². The molecule has 0 saturated carbocycles. The van der Waals surface area contributed by atoms with Gasteiger partial charge in [-0.15, -0.1) is 11.3 Å². The lowest BCUT2D eigenvalue weighted by Gasteiger charge is -2.31. The molecular formula is C49H35NS. The summed E-state index contributed by atoms with van der Waals surface area (Å²) in [6, 6.07) is 64.9. The highest BCUT2D eigenvalue weighted by molar-refractivity contribution is 7.26. The second-order valence-corrected chi connectivity index (χ2v) is 15.1. The van der Waals surface area contributed by atoms with Crippen LogP contribution in [0.25, 0.3) is 64.3 Å². The summed E-state index contributed by atoms with van der Waals surface area (Å²) in [5.41, 5.74) is 13.7. The van der Waals surface area contributed by atoms with Crippen molar-refractivity contribution in [1.29, 1.82) is 0 Å². The Morgan fingerprint density at radius 2 is 0.902 bits per heavy atom. The predicted octanol–water partition coefficient (Wildman–Crippen LogP) is 14.3. The van der Waals surface area contributed by atoms with Gasteiger partial charge < -0.3 is 4.90 Å². The molecule has 0 unspecified atom stereocenters. The van der Waals surface area contributed by atoms with Crippen LogP contribution in [0.1, 0.15) is 25.0 Å². The lowest BCUT2D eigenvalue weighted by molar-refractivity contribution is 0.660. The zero-order valence-corrected chi connectivity index (χ0v) is 29.4. The number of rotatable bonds is 5. The highest BCUT2D eigenvalue weighted by atomic mass is 32.1. The second kappa shape index (κ2) is 11.6. The van der Waals surface area contributed by atoms with Gasteiger partial charge in [0.25, 0.3) is 0 Å². The SMILES string of the molecule is CC1(C)c2ccccc2-c2c(-c3ccccc3N(c3ccccc3-c3cccc4ccccc34)c3cccc4sc5ccccc5c34)cccc21. The fourth-order valence-electron chi connectivity index (χ4n) is 8.56. The van der Waals surface area contributed by atoms with Crippen LogP contribution < -0.4 is 4.90 Å². The third-order valence-corrected chi connectivity index (χ3v) is 12.0. The zero-order valence-electron chi connectivity index (χ0n) is 28.6. The summed E-state index contributed by atoms with van der Waals surface area (Å²) in [6.07, 6.45) is 0. The standard InChI is InChI=1S/C49H35NS/c1-49(2)40-25-9-5-21-38(40)47-37(24-14-26-41(47)49)36-20-7-11-28-43(36)50(44-29-15-31-46-48(44)39-22-8-12-30-45(39)51-46)42-27-10-6-19-35(42)34-23-13-17-32-16-3-4-18-33(32)34/h3-31H,1-2H3. The van der Waals surface area contributed by atoms with Crippen molar-refractivity contribution >= 4 is 59.3 Å². The predicted molar refractivity (Wildman–Crippen MR) is 220 cm³/mol. The Hall–Kier alpha value is -5.96. The van der Waals surface area contributed by atoms with Gasteiger partial charge in [-0.3, -0.25) is 0 Å². The maximum Gasteiger partial charge on any atom is 0.0555 e. The van der Waals surface area contributed by atoms with Crippen molar-refractivity contribution in [2.75, 3.05) is 4.90 Å². The fraction of sp³-hybridized carbons (Fsp3) is 0.0612. The minimum atomic E-state index is -0.0846. The number of para-hydroxylation sites is 2. The van der Waals surface area contributed by atoms with Crippen LogP contribution in [0.4, 0.5) is 17.1 Å². The van der Waals surface area contributed by atoms with E-state index in [1.54, 1.807) is 0 Å². The lowest BCUT2D eigenvalue weighted by atomic mass is 9.82. The third kappa shape index (κ3) is 4.53. The number of fused-ring (bicyclic) bond motifs is 7. The van der Waals surface area contributed by atoms with E-state index in [0.29, 0.717) is 0 Å². The number of hydrogen-bond acceptors (Lipinski definition) is 2. The van der Waals surface area contributed by atoms with Gasteiger partial charge in [-0.05, 0) is 74.5 Å². The number of anilines is 3. The lowest BCUT2D eigenvalue weighted by Crippen LogP contribution is -2.15. The molecule has 0 atom stereocenters. The molecule has 0 bridgehead atoms. The van der Waals surface area contributed by atoms with E-state index in [2.05, 4.69) is 195 Å². The van der Waals surface area contributed by atoms with Crippen LogP contribution in [0.5, 0.6) is 0 Å². The van der Waals surface area contributed by atoms with Crippen LogP contribution in [0, 0.1) is 0 Å². The van der Waals surface area contributed by atoms with Crippen molar-refractivity contribution in [1.82, 2.24) is 0 Å². The Morgan fingerprint density at radius 1 is 0.392 bits per heavy atom. The average Bonchev–Trinajstić information content (AvgIpc) is 3.68. The summed E-state index contributed by atoms with van der Waals surface area (Å²) in [6.45, 7) is 4.73. The van der Waals surface area contributed by atoms with Gasteiger partial charge >= 0.3 is 0 Å². The molecule has 1 aliphatic carbocycles. The number of nitrogens with zero attached hydrogens (tertiary/aromatic N) is 1. The summed E-state index contributed by atoms with van der Waals surface area (Å²) in [7, 11) is 0. The average molecular weight is 670 g/mol. The van der Waals surface area contributed by atoms with E-state index < -0.39 is 0 Å². The molecule has 1 nitrogen and oxygen atoms in total. The first-order valence-electron chi connectivity index (χ1n) is 17.7. The molecule has 10 rings (SSSR count). The summed E-state index contributed by atoms with van der Waals surface area (Å²) < 4.78 is 2.59. The van der Waals surface area contributed by atoms with Gasteiger partial charge in [-0.25, -0.2) is 0 Å². The van der Waals surface area contributed by atoms with Crippen LogP contribution in [-0.4, -0.2) is 0 Å². The molecule has 8 aromatic carbocycles. The maximum absolute atomic E-state index is 2.54. The van der Waals surface area contributed by atoms with Crippen LogP contribution in [0.2, 0.25) is 0 Å². The highest BCUT2D eigenvalue weighted by Crippen LogP contribution is 2.55. The van der Waals surface area contributed by atoms with E-state index in [0.717, 1.165) is 11.4 Å². The molecule has 1 heterocycles. The Morgan fingerprint density at radius 3 is 1.73 bits per heavy atom. The van der Waals surface area contributed by atoms with Crippen LogP contribution in [0.15, 0.2) is 176 Å². The first kappa shape index (κ1) is 29.9. The topological polar surface area (TPSA) is 3.24 Å². The molecule has 0 radical (unpaired) electrons. The minimum Gasteiger partial charge on any atom is -0.309 e. The fourth-order valence-corrected chi connectivity index (χ4v) is 9.69. The van der Waals surface area contributed by atoms with Gasteiger partial charge in [0.05, 0.1) is 17.1 Å². The second-order valence-electron chi connectivity index (χ2n) is 14.0. The van der Waals surface area contributed by atoms with Crippen molar-refractivity contribution in [3.63, 3.8) is 0 Å². The van der Waals surface area contributed by atoms with Crippen molar-refractivity contribution in [2.24, 2.45) is 0 Å². The van der Waals surface area contributed by atoms with Crippen LogP contribution in [0.3, 0.4) is 0 Å². The molecule has 0 amide bonds. The number of benzene rings is 8. The largest absolute Gasteiger partial charge is 0.309 e. The van der Waals surface area contributed by atoms with Gasteiger partial charge in [0.2, 0.25) is 0 Å². The van der Waals surface area contributed by atoms with Gasteiger partial charge in [0.15, 0.2) is 0 Å². The summed E-state index contributed by atoms with van der Waals surface area (Å²) in [5.74, 6) is 0. The monoisotopic (exact) mass is 669 g/mol. The molecule has 0 fully saturated rings. The van der Waals surface area contributed by atoms with Crippen molar-refractivity contribution < 1.29 is 0 Å². The maximum atomic E-state index is 2.54. The summed E-state index contributed by atoms with van der Waals surface area (Å²) >= 11 is 1.87. The quantitative estimate of drug-likeness (QED) is 0.176. The van der Waals surface area contributed by atoms with Crippen LogP contribution >= 0.6 is 11.3 Å². The van der Waals surface area contributed by atoms with E-state index in [-0.39, 0.29) is 5.41 Å². The van der Waals surface area contributed by atoms with Gasteiger partial charge in [-0.1, -0.05) is 159 Å². The Bertz CT molecular complexity index is 2800. The molecule has 242 valence electrons. The number of hydrogen-bond donors (Lipinski definition) is 0. The Kier molecular flexibility index (Phi) is 6.78. The smallest absolute Gasteiger partial charge is 0.0555 e. The third-order valence-electron chi connectivity index (χ3n) is 10.9. The molecule has 1 aromatic heterocycles. The normalized spacial score (nSPS) is 13.1. The molecule has 0 saturated heterocycles. The molecule has 0 N–H and O–H groups in total. The zero-order chi connectivity index (χ0) is 34.1. The van der Waals surface area contributed by atoms with Crippen molar-refractivity contribution in [3.8, 4) is 33.4 Å². The molecule has 9 aromatic rings. The van der Waals surface area contributed by atoms with Gasteiger partial charge in [0, 0.05) is 36.7 Å². The highest BCUT2D eigenvalue weighted by Gasteiger charge is 2.37. The van der Waals surface area contributed by atoms with E-state index in [1.807, 2.05) is 11.3 Å². The Balaban J connectivity index is 1.31. The Labute approximate surface area is 302 Å². The van der Waals surface area contributed by atoms with Gasteiger partial charge in [-0.2, -0.15) is 0 Å². The first-order chi connectivity index (χ1) is 25.1.